The van der Waals surface area contributed by atoms with E-state index in [9.17, 15) is 0 Å². The third kappa shape index (κ3) is 1.85. The van der Waals surface area contributed by atoms with Gasteiger partial charge in [0.15, 0.2) is 0 Å². The van der Waals surface area contributed by atoms with Crippen LogP contribution < -0.4 is 5.73 Å². The summed E-state index contributed by atoms with van der Waals surface area (Å²) in [5.74, 6) is 0.601. The highest BCUT2D eigenvalue weighted by Crippen LogP contribution is 2.41. The van der Waals surface area contributed by atoms with Gasteiger partial charge in [0.05, 0.1) is 11.4 Å². The van der Waals surface area contributed by atoms with Gasteiger partial charge >= 0.3 is 0 Å². The molecule has 2 aromatic rings. The lowest BCUT2D eigenvalue weighted by atomic mass is 10.2. The van der Waals surface area contributed by atoms with E-state index in [4.69, 9.17) is 5.73 Å². The monoisotopic (exact) mass is 228 g/mol. The first-order valence-electron chi connectivity index (χ1n) is 6.01. The van der Waals surface area contributed by atoms with Crippen LogP contribution in [0.15, 0.2) is 24.3 Å². The smallest absolute Gasteiger partial charge is 0.100 e. The van der Waals surface area contributed by atoms with Crippen molar-refractivity contribution in [2.75, 3.05) is 0 Å². The van der Waals surface area contributed by atoms with Gasteiger partial charge in [0.25, 0.3) is 0 Å². The summed E-state index contributed by atoms with van der Waals surface area (Å²) in [5.41, 5.74) is 10.2. The Hall–Kier alpha value is -1.68. The van der Waals surface area contributed by atoms with Gasteiger partial charge in [0.2, 0.25) is 0 Å². The van der Waals surface area contributed by atoms with Crippen molar-refractivity contribution >= 4 is 0 Å². The maximum atomic E-state index is 5.72. The molecule has 0 spiro atoms. The molecule has 0 radical (unpaired) electrons. The lowest BCUT2D eigenvalue weighted by molar-refractivity contribution is 0.763. The first kappa shape index (κ1) is 10.5. The standard InChI is InChI=1S/C13H16N4/c1-9-3-2-4-11(7-9)17-13(10-5-6-10)12(8-14)15-16-17/h2-4,7,10H,5-6,8,14H2,1H3. The largest absolute Gasteiger partial charge is 0.325 e. The van der Waals surface area contributed by atoms with Gasteiger partial charge in [-0.15, -0.1) is 5.10 Å². The van der Waals surface area contributed by atoms with E-state index >= 15 is 0 Å². The molecular weight excluding hydrogens is 212 g/mol. The molecule has 0 unspecified atom stereocenters. The van der Waals surface area contributed by atoms with E-state index in [-0.39, 0.29) is 0 Å². The molecule has 0 saturated heterocycles. The Labute approximate surface area is 100 Å². The number of hydrogen-bond donors (Lipinski definition) is 1. The van der Waals surface area contributed by atoms with Crippen LogP contribution in [-0.2, 0) is 6.54 Å². The summed E-state index contributed by atoms with van der Waals surface area (Å²) in [6.45, 7) is 2.55. The van der Waals surface area contributed by atoms with Crippen molar-refractivity contribution in [3.63, 3.8) is 0 Å². The van der Waals surface area contributed by atoms with Gasteiger partial charge in [-0.25, -0.2) is 4.68 Å². The fourth-order valence-corrected chi connectivity index (χ4v) is 2.18. The third-order valence-corrected chi connectivity index (χ3v) is 3.18. The van der Waals surface area contributed by atoms with Crippen LogP contribution in [0, 0.1) is 6.92 Å². The molecule has 3 rings (SSSR count). The zero-order valence-electron chi connectivity index (χ0n) is 9.93. The predicted molar refractivity (Wildman–Crippen MR) is 66.0 cm³/mol. The van der Waals surface area contributed by atoms with Gasteiger partial charge in [-0.3, -0.25) is 0 Å². The molecule has 0 amide bonds. The zero-order chi connectivity index (χ0) is 11.8. The van der Waals surface area contributed by atoms with Crippen LogP contribution in [0.1, 0.15) is 35.7 Å². The minimum absolute atomic E-state index is 0.470. The molecule has 1 aliphatic carbocycles. The van der Waals surface area contributed by atoms with Crippen LogP contribution >= 0.6 is 0 Å². The lowest BCUT2D eigenvalue weighted by Crippen LogP contribution is -2.05. The van der Waals surface area contributed by atoms with Gasteiger partial charge in [0.1, 0.15) is 5.69 Å². The molecule has 1 aliphatic rings. The maximum Gasteiger partial charge on any atom is 0.100 e. The highest BCUT2D eigenvalue weighted by Gasteiger charge is 2.31. The molecule has 4 heteroatoms. The van der Waals surface area contributed by atoms with Crippen molar-refractivity contribution in [2.24, 2.45) is 5.73 Å². The summed E-state index contributed by atoms with van der Waals surface area (Å²) in [7, 11) is 0. The quantitative estimate of drug-likeness (QED) is 0.873. The molecule has 2 N–H and O–H groups in total. The van der Waals surface area contributed by atoms with Crippen molar-refractivity contribution in [1.82, 2.24) is 15.0 Å². The van der Waals surface area contributed by atoms with Crippen LogP contribution in [0.3, 0.4) is 0 Å². The Balaban J connectivity index is 2.11. The van der Waals surface area contributed by atoms with E-state index in [0.717, 1.165) is 11.4 Å². The second-order valence-electron chi connectivity index (χ2n) is 4.65. The number of rotatable bonds is 3. The minimum atomic E-state index is 0.470. The number of hydrogen-bond acceptors (Lipinski definition) is 3. The van der Waals surface area contributed by atoms with E-state index in [1.807, 2.05) is 10.7 Å². The first-order valence-corrected chi connectivity index (χ1v) is 6.01. The van der Waals surface area contributed by atoms with Gasteiger partial charge in [-0.05, 0) is 37.5 Å². The fourth-order valence-electron chi connectivity index (χ4n) is 2.18. The normalized spacial score (nSPS) is 15.2. The number of nitrogens with two attached hydrogens (primary N) is 1. The van der Waals surface area contributed by atoms with Gasteiger partial charge < -0.3 is 5.73 Å². The van der Waals surface area contributed by atoms with Crippen LogP contribution in [0.2, 0.25) is 0 Å². The van der Waals surface area contributed by atoms with Crippen LogP contribution in [-0.4, -0.2) is 15.0 Å². The van der Waals surface area contributed by atoms with Gasteiger partial charge in [0, 0.05) is 12.5 Å². The van der Waals surface area contributed by atoms with E-state index in [0.29, 0.717) is 12.5 Å². The summed E-state index contributed by atoms with van der Waals surface area (Å²) >= 11 is 0. The Bertz CT molecular complexity index is 540. The molecule has 0 atom stereocenters. The second-order valence-corrected chi connectivity index (χ2v) is 4.65. The third-order valence-electron chi connectivity index (χ3n) is 3.18. The van der Waals surface area contributed by atoms with Gasteiger partial charge in [-0.2, -0.15) is 0 Å². The molecule has 1 saturated carbocycles. The lowest BCUT2D eigenvalue weighted by Gasteiger charge is -2.07. The van der Waals surface area contributed by atoms with E-state index in [2.05, 4.69) is 35.4 Å². The van der Waals surface area contributed by atoms with Gasteiger partial charge in [-0.1, -0.05) is 17.3 Å². The van der Waals surface area contributed by atoms with Crippen LogP contribution in [0.5, 0.6) is 0 Å². The number of nitrogens with zero attached hydrogens (tertiary/aromatic N) is 3. The van der Waals surface area contributed by atoms with Crippen LogP contribution in [0.4, 0.5) is 0 Å². The molecule has 1 fully saturated rings. The van der Waals surface area contributed by atoms with E-state index in [1.165, 1.54) is 24.1 Å². The second kappa shape index (κ2) is 3.96. The highest BCUT2D eigenvalue weighted by molar-refractivity contribution is 5.38. The Morgan fingerprint density at radius 2 is 2.24 bits per heavy atom. The summed E-state index contributed by atoms with van der Waals surface area (Å²) in [5, 5.41) is 8.44. The summed E-state index contributed by atoms with van der Waals surface area (Å²) in [6.07, 6.45) is 2.46. The Kier molecular flexibility index (Phi) is 2.44. The molecular formula is C13H16N4. The predicted octanol–water partition coefficient (Wildman–Crippen LogP) is 1.91. The molecule has 4 nitrogen and oxygen atoms in total. The Morgan fingerprint density at radius 1 is 1.41 bits per heavy atom. The highest BCUT2D eigenvalue weighted by atomic mass is 15.4. The minimum Gasteiger partial charge on any atom is -0.325 e. The van der Waals surface area contributed by atoms with Crippen LogP contribution in [0.25, 0.3) is 5.69 Å². The number of benzene rings is 1. The van der Waals surface area contributed by atoms with Crippen molar-refractivity contribution in [3.8, 4) is 5.69 Å². The average molecular weight is 228 g/mol. The molecule has 17 heavy (non-hydrogen) atoms. The van der Waals surface area contributed by atoms with Crippen molar-refractivity contribution < 1.29 is 0 Å². The molecule has 0 aliphatic heterocycles. The molecule has 88 valence electrons. The summed E-state index contributed by atoms with van der Waals surface area (Å²) in [4.78, 5) is 0. The first-order chi connectivity index (χ1) is 8.29. The van der Waals surface area contributed by atoms with E-state index < -0.39 is 0 Å². The van der Waals surface area contributed by atoms with Crippen molar-refractivity contribution in [2.45, 2.75) is 32.2 Å². The number of aromatic nitrogens is 3. The topological polar surface area (TPSA) is 56.7 Å². The fraction of sp³-hybridized carbons (Fsp3) is 0.385. The number of aryl methyl sites for hydroxylation is 1. The van der Waals surface area contributed by atoms with Crippen molar-refractivity contribution in [1.29, 1.82) is 0 Å². The van der Waals surface area contributed by atoms with E-state index in [1.54, 1.807) is 0 Å². The maximum absolute atomic E-state index is 5.72. The summed E-state index contributed by atoms with van der Waals surface area (Å²) < 4.78 is 1.95. The Morgan fingerprint density at radius 3 is 2.88 bits per heavy atom. The SMILES string of the molecule is Cc1cccc(-n2nnc(CN)c2C2CC2)c1. The molecule has 1 aromatic carbocycles. The van der Waals surface area contributed by atoms with Crippen molar-refractivity contribution in [3.05, 3.63) is 41.2 Å². The molecule has 1 heterocycles. The molecule has 1 aromatic heterocycles. The molecule has 0 bridgehead atoms. The summed E-state index contributed by atoms with van der Waals surface area (Å²) in [6, 6.07) is 8.32. The average Bonchev–Trinajstić information content (AvgIpc) is 3.08. The zero-order valence-corrected chi connectivity index (χ0v) is 9.93.